The topological polar surface area (TPSA) is 58.6 Å². The predicted molar refractivity (Wildman–Crippen MR) is 104 cm³/mol. The monoisotopic (exact) mass is 359 g/mol. The van der Waals surface area contributed by atoms with Crippen LogP contribution in [0, 0.1) is 0 Å². The van der Waals surface area contributed by atoms with E-state index in [1.54, 1.807) is 6.92 Å². The Morgan fingerprint density at radius 2 is 1.44 bits per heavy atom. The number of hydrogen-bond donors (Lipinski definition) is 2. The van der Waals surface area contributed by atoms with Crippen LogP contribution in [-0.4, -0.2) is 17.6 Å². The molecule has 1 unspecified atom stereocenters. The molecule has 0 bridgehead atoms. The van der Waals surface area contributed by atoms with Crippen LogP contribution >= 0.6 is 0 Å². The Morgan fingerprint density at radius 3 is 2.04 bits per heavy atom. The molecule has 0 saturated carbocycles. The van der Waals surface area contributed by atoms with Crippen molar-refractivity contribution in [3.8, 4) is 11.5 Å². The van der Waals surface area contributed by atoms with Crippen molar-refractivity contribution in [2.24, 2.45) is 0 Å². The fraction of sp³-hybridized carbons (Fsp3) is 0.174. The SMILES string of the molecule is CC(O)(CNC(=O)C1c2ccccc2Oc2ccccc21)c1ccccc1. The Bertz CT molecular complexity index is 921. The highest BCUT2D eigenvalue weighted by atomic mass is 16.5. The summed E-state index contributed by atoms with van der Waals surface area (Å²) in [5.74, 6) is 0.740. The van der Waals surface area contributed by atoms with Crippen LogP contribution in [0.4, 0.5) is 0 Å². The summed E-state index contributed by atoms with van der Waals surface area (Å²) in [6.45, 7) is 1.83. The third-order valence-corrected chi connectivity index (χ3v) is 4.94. The summed E-state index contributed by atoms with van der Waals surface area (Å²) in [7, 11) is 0. The molecule has 1 aliphatic heterocycles. The summed E-state index contributed by atoms with van der Waals surface area (Å²) in [5.41, 5.74) is 1.26. The number of fused-ring (bicyclic) bond motifs is 2. The van der Waals surface area contributed by atoms with E-state index in [1.807, 2.05) is 78.9 Å². The molecule has 0 aromatic heterocycles. The van der Waals surface area contributed by atoms with Crippen molar-refractivity contribution in [2.45, 2.75) is 18.4 Å². The Labute approximate surface area is 158 Å². The van der Waals surface area contributed by atoms with Crippen molar-refractivity contribution in [1.29, 1.82) is 0 Å². The van der Waals surface area contributed by atoms with E-state index in [2.05, 4.69) is 5.32 Å². The molecular weight excluding hydrogens is 338 g/mol. The van der Waals surface area contributed by atoms with Crippen LogP contribution < -0.4 is 10.1 Å². The lowest BCUT2D eigenvalue weighted by molar-refractivity contribution is -0.123. The molecule has 4 nitrogen and oxygen atoms in total. The van der Waals surface area contributed by atoms with E-state index in [4.69, 9.17) is 4.74 Å². The minimum atomic E-state index is -1.15. The van der Waals surface area contributed by atoms with Gasteiger partial charge < -0.3 is 15.2 Å². The van der Waals surface area contributed by atoms with E-state index in [1.165, 1.54) is 0 Å². The van der Waals surface area contributed by atoms with E-state index in [9.17, 15) is 9.90 Å². The average molecular weight is 359 g/mol. The molecule has 4 rings (SSSR count). The van der Waals surface area contributed by atoms with E-state index in [0.29, 0.717) is 11.5 Å². The number of benzene rings is 3. The van der Waals surface area contributed by atoms with Crippen molar-refractivity contribution in [1.82, 2.24) is 5.32 Å². The Balaban J connectivity index is 1.61. The second-order valence-electron chi connectivity index (χ2n) is 6.97. The molecule has 27 heavy (non-hydrogen) atoms. The van der Waals surface area contributed by atoms with Gasteiger partial charge in [-0.25, -0.2) is 0 Å². The number of hydrogen-bond acceptors (Lipinski definition) is 3. The number of para-hydroxylation sites is 2. The largest absolute Gasteiger partial charge is 0.457 e. The van der Waals surface area contributed by atoms with Crippen LogP contribution in [0.1, 0.15) is 29.5 Å². The predicted octanol–water partition coefficient (Wildman–Crippen LogP) is 3.95. The lowest BCUT2D eigenvalue weighted by Gasteiger charge is -2.29. The van der Waals surface area contributed by atoms with Crippen molar-refractivity contribution in [2.75, 3.05) is 6.54 Å². The van der Waals surface area contributed by atoms with Crippen molar-refractivity contribution < 1.29 is 14.6 Å². The molecule has 4 heteroatoms. The molecule has 0 spiro atoms. The van der Waals surface area contributed by atoms with Gasteiger partial charge >= 0.3 is 0 Å². The molecule has 3 aromatic carbocycles. The number of amides is 1. The van der Waals surface area contributed by atoms with Gasteiger partial charge in [-0.15, -0.1) is 0 Å². The molecule has 3 aromatic rings. The number of carbonyl (C=O) groups is 1. The van der Waals surface area contributed by atoms with E-state index < -0.39 is 11.5 Å². The fourth-order valence-electron chi connectivity index (χ4n) is 3.45. The zero-order valence-electron chi connectivity index (χ0n) is 15.1. The third kappa shape index (κ3) is 3.32. The quantitative estimate of drug-likeness (QED) is 0.742. The average Bonchev–Trinajstić information content (AvgIpc) is 2.71. The summed E-state index contributed by atoms with van der Waals surface area (Å²) in [4.78, 5) is 13.1. The van der Waals surface area contributed by atoms with Gasteiger partial charge in [0.25, 0.3) is 0 Å². The number of nitrogens with one attached hydrogen (secondary N) is 1. The van der Waals surface area contributed by atoms with Crippen LogP contribution in [0.2, 0.25) is 0 Å². The second-order valence-corrected chi connectivity index (χ2v) is 6.97. The van der Waals surface area contributed by atoms with Gasteiger partial charge in [0.05, 0.1) is 12.5 Å². The first-order valence-corrected chi connectivity index (χ1v) is 8.97. The summed E-state index contributed by atoms with van der Waals surface area (Å²) < 4.78 is 5.94. The van der Waals surface area contributed by atoms with E-state index >= 15 is 0 Å². The van der Waals surface area contributed by atoms with Crippen molar-refractivity contribution in [3.05, 3.63) is 95.6 Å². The first-order chi connectivity index (χ1) is 13.1. The normalized spacial score (nSPS) is 15.0. The molecule has 1 aliphatic rings. The fourth-order valence-corrected chi connectivity index (χ4v) is 3.45. The first kappa shape index (κ1) is 17.3. The number of carbonyl (C=O) groups excluding carboxylic acids is 1. The minimum absolute atomic E-state index is 0.123. The van der Waals surface area contributed by atoms with E-state index in [0.717, 1.165) is 16.7 Å². The Kier molecular flexibility index (Phi) is 4.42. The van der Waals surface area contributed by atoms with Gasteiger partial charge in [-0.3, -0.25) is 4.79 Å². The molecular formula is C23H21NO3. The van der Waals surface area contributed by atoms with Gasteiger partial charge in [0, 0.05) is 11.1 Å². The number of ether oxygens (including phenoxy) is 1. The van der Waals surface area contributed by atoms with Gasteiger partial charge in [-0.2, -0.15) is 0 Å². The smallest absolute Gasteiger partial charge is 0.232 e. The number of rotatable bonds is 4. The molecule has 1 heterocycles. The van der Waals surface area contributed by atoms with Crippen LogP contribution in [-0.2, 0) is 10.4 Å². The molecule has 0 aliphatic carbocycles. The van der Waals surface area contributed by atoms with Crippen LogP contribution in [0.25, 0.3) is 0 Å². The lowest BCUT2D eigenvalue weighted by atomic mass is 9.87. The Hall–Kier alpha value is -3.11. The summed E-state index contributed by atoms with van der Waals surface area (Å²) in [5, 5.41) is 13.7. The highest BCUT2D eigenvalue weighted by Crippen LogP contribution is 2.43. The first-order valence-electron chi connectivity index (χ1n) is 8.97. The molecule has 136 valence electrons. The van der Waals surface area contributed by atoms with Crippen molar-refractivity contribution in [3.63, 3.8) is 0 Å². The molecule has 1 amide bonds. The van der Waals surface area contributed by atoms with Crippen LogP contribution in [0.15, 0.2) is 78.9 Å². The maximum absolute atomic E-state index is 13.1. The lowest BCUT2D eigenvalue weighted by Crippen LogP contribution is -2.41. The summed E-state index contributed by atoms with van der Waals surface area (Å²) in [6, 6.07) is 24.5. The standard InChI is InChI=1S/C23H21NO3/c1-23(26,16-9-3-2-4-10-16)15-24-22(25)21-17-11-5-7-13-19(17)27-20-14-8-6-12-18(20)21/h2-14,21,26H,15H2,1H3,(H,24,25). The summed E-state index contributed by atoms with van der Waals surface area (Å²) in [6.07, 6.45) is 0. The number of aliphatic hydroxyl groups is 1. The van der Waals surface area contributed by atoms with Crippen molar-refractivity contribution >= 4 is 5.91 Å². The molecule has 2 N–H and O–H groups in total. The van der Waals surface area contributed by atoms with E-state index in [-0.39, 0.29) is 12.5 Å². The van der Waals surface area contributed by atoms with Gasteiger partial charge in [-0.1, -0.05) is 66.7 Å². The maximum Gasteiger partial charge on any atom is 0.232 e. The van der Waals surface area contributed by atoms with Gasteiger partial charge in [0.15, 0.2) is 0 Å². The summed E-state index contributed by atoms with van der Waals surface area (Å²) >= 11 is 0. The molecule has 0 saturated heterocycles. The zero-order valence-corrected chi connectivity index (χ0v) is 15.1. The van der Waals surface area contributed by atoms with Crippen LogP contribution in [0.3, 0.4) is 0 Å². The van der Waals surface area contributed by atoms with Gasteiger partial charge in [0.2, 0.25) is 5.91 Å². The second kappa shape index (κ2) is 6.89. The third-order valence-electron chi connectivity index (χ3n) is 4.94. The Morgan fingerprint density at radius 1 is 0.926 bits per heavy atom. The molecule has 1 atom stereocenters. The minimum Gasteiger partial charge on any atom is -0.457 e. The highest BCUT2D eigenvalue weighted by Gasteiger charge is 2.33. The van der Waals surface area contributed by atoms with Crippen LogP contribution in [0.5, 0.6) is 11.5 Å². The van der Waals surface area contributed by atoms with Gasteiger partial charge in [0.1, 0.15) is 17.1 Å². The maximum atomic E-state index is 13.1. The molecule has 0 fully saturated rings. The highest BCUT2D eigenvalue weighted by molar-refractivity contribution is 5.89. The van der Waals surface area contributed by atoms with Gasteiger partial charge in [-0.05, 0) is 24.6 Å². The zero-order chi connectivity index (χ0) is 18.9. The molecule has 0 radical (unpaired) electrons.